The van der Waals surface area contributed by atoms with Gasteiger partial charge in [0.25, 0.3) is 0 Å². The second-order valence-corrected chi connectivity index (χ2v) is 12.4. The molecule has 3 atom stereocenters. The zero-order valence-corrected chi connectivity index (χ0v) is 27.6. The highest BCUT2D eigenvalue weighted by Crippen LogP contribution is 2.43. The molecule has 250 valence electrons. The minimum atomic E-state index is -1.10. The number of fused-ring (bicyclic) bond motifs is 1. The first-order chi connectivity index (χ1) is 24.2. The fraction of sp³-hybridized carbons (Fsp3) is 0.256. The number of hydrogen-bond acceptors (Lipinski definition) is 8. The number of benzene rings is 4. The molecular formula is C39H37ClN4O5. The Morgan fingerprint density at radius 3 is 1.63 bits per heavy atom. The average molecular weight is 677 g/mol. The highest BCUT2D eigenvalue weighted by atomic mass is 35.5. The maximum absolute atomic E-state index is 7.14. The number of nitrogens with zero attached hydrogens (tertiary/aromatic N) is 4. The van der Waals surface area contributed by atoms with Crippen LogP contribution in [0.1, 0.15) is 28.5 Å². The van der Waals surface area contributed by atoms with E-state index in [0.29, 0.717) is 37.6 Å². The molecule has 1 aliphatic rings. The Balaban J connectivity index is 1.27. The SMILES string of the molecule is Clc1ncnc2c1ncn2[C@H]1OC(COCc2ccccc2)(COCc2ccccc2)[C@@H](OCc2ccccc2)[C@@H]1OCc1ccccc1. The topological polar surface area (TPSA) is 89.8 Å². The summed E-state index contributed by atoms with van der Waals surface area (Å²) in [7, 11) is 0. The van der Waals surface area contributed by atoms with E-state index in [9.17, 15) is 0 Å². The smallest absolute Gasteiger partial charge is 0.167 e. The first-order valence-corrected chi connectivity index (χ1v) is 16.6. The van der Waals surface area contributed by atoms with Gasteiger partial charge in [0, 0.05) is 0 Å². The quantitative estimate of drug-likeness (QED) is 0.104. The van der Waals surface area contributed by atoms with Gasteiger partial charge in [0.05, 0.1) is 46.0 Å². The Morgan fingerprint density at radius 2 is 1.10 bits per heavy atom. The molecule has 0 bridgehead atoms. The summed E-state index contributed by atoms with van der Waals surface area (Å²) in [5.41, 5.74) is 4.01. The van der Waals surface area contributed by atoms with Crippen LogP contribution in [-0.4, -0.2) is 50.5 Å². The van der Waals surface area contributed by atoms with Crippen molar-refractivity contribution in [2.45, 2.75) is 50.5 Å². The molecule has 2 aromatic heterocycles. The lowest BCUT2D eigenvalue weighted by Crippen LogP contribution is -2.52. The van der Waals surface area contributed by atoms with Gasteiger partial charge in [0.1, 0.15) is 29.7 Å². The van der Waals surface area contributed by atoms with Crippen molar-refractivity contribution in [3.63, 3.8) is 0 Å². The molecule has 0 aliphatic carbocycles. The summed E-state index contributed by atoms with van der Waals surface area (Å²) in [4.78, 5) is 13.2. The molecule has 49 heavy (non-hydrogen) atoms. The van der Waals surface area contributed by atoms with Gasteiger partial charge in [-0.25, -0.2) is 15.0 Å². The molecule has 0 unspecified atom stereocenters. The number of aromatic nitrogens is 4. The molecule has 0 N–H and O–H groups in total. The monoisotopic (exact) mass is 676 g/mol. The van der Waals surface area contributed by atoms with Gasteiger partial charge in [0.2, 0.25) is 0 Å². The average Bonchev–Trinajstić information content (AvgIpc) is 3.71. The third-order valence-electron chi connectivity index (χ3n) is 8.52. The first-order valence-electron chi connectivity index (χ1n) is 16.2. The predicted molar refractivity (Wildman–Crippen MR) is 185 cm³/mol. The van der Waals surface area contributed by atoms with Gasteiger partial charge in [-0.05, 0) is 22.3 Å². The Hall–Kier alpha value is -4.48. The van der Waals surface area contributed by atoms with Gasteiger partial charge >= 0.3 is 0 Å². The molecule has 0 radical (unpaired) electrons. The van der Waals surface area contributed by atoms with E-state index in [-0.39, 0.29) is 18.4 Å². The molecule has 1 saturated heterocycles. The van der Waals surface area contributed by atoms with Gasteiger partial charge in [0.15, 0.2) is 17.0 Å². The summed E-state index contributed by atoms with van der Waals surface area (Å²) in [6.45, 7) is 1.75. The van der Waals surface area contributed by atoms with Crippen molar-refractivity contribution in [3.8, 4) is 0 Å². The maximum Gasteiger partial charge on any atom is 0.167 e. The number of hydrogen-bond donors (Lipinski definition) is 0. The molecule has 1 aliphatic heterocycles. The normalized spacial score (nSPS) is 18.6. The molecule has 4 aromatic carbocycles. The minimum Gasteiger partial charge on any atom is -0.374 e. The van der Waals surface area contributed by atoms with Crippen LogP contribution in [0.4, 0.5) is 0 Å². The van der Waals surface area contributed by atoms with Crippen LogP contribution >= 0.6 is 11.6 Å². The molecule has 10 heteroatoms. The second kappa shape index (κ2) is 15.8. The van der Waals surface area contributed by atoms with Crippen LogP contribution in [0.5, 0.6) is 0 Å². The van der Waals surface area contributed by atoms with Crippen LogP contribution in [0.15, 0.2) is 134 Å². The Kier molecular flexibility index (Phi) is 10.7. The van der Waals surface area contributed by atoms with Crippen molar-refractivity contribution >= 4 is 22.8 Å². The van der Waals surface area contributed by atoms with Crippen molar-refractivity contribution in [2.75, 3.05) is 13.2 Å². The third-order valence-corrected chi connectivity index (χ3v) is 8.79. The third kappa shape index (κ3) is 7.89. The van der Waals surface area contributed by atoms with Crippen LogP contribution in [0, 0.1) is 0 Å². The fourth-order valence-corrected chi connectivity index (χ4v) is 6.27. The van der Waals surface area contributed by atoms with E-state index >= 15 is 0 Å². The Morgan fingerprint density at radius 1 is 0.612 bits per heavy atom. The first kappa shape index (κ1) is 33.0. The molecule has 0 amide bonds. The molecule has 6 aromatic rings. The standard InChI is InChI=1S/C39H37ClN4O5/c40-36-33-37(42-27-41-36)44(28-43-33)38-34(47-23-31-17-9-3-10-18-31)35(48-24-32-19-11-4-12-20-32)39(49-38,25-45-21-29-13-5-1-6-14-29)26-46-22-30-15-7-2-8-16-30/h1-20,27-28,34-35,38H,21-26H2/t34-,35-,38-/m0/s1. The van der Waals surface area contributed by atoms with Crippen molar-refractivity contribution in [1.29, 1.82) is 0 Å². The lowest BCUT2D eigenvalue weighted by molar-refractivity contribution is -0.185. The van der Waals surface area contributed by atoms with E-state index in [2.05, 4.69) is 15.0 Å². The van der Waals surface area contributed by atoms with Crippen LogP contribution in [0.2, 0.25) is 5.15 Å². The van der Waals surface area contributed by atoms with Gasteiger partial charge in [-0.3, -0.25) is 4.57 Å². The molecule has 9 nitrogen and oxygen atoms in total. The van der Waals surface area contributed by atoms with Gasteiger partial charge < -0.3 is 23.7 Å². The zero-order chi connectivity index (χ0) is 33.3. The highest BCUT2D eigenvalue weighted by Gasteiger charge is 2.58. The molecule has 7 rings (SSSR count). The number of rotatable bonds is 15. The summed E-state index contributed by atoms with van der Waals surface area (Å²) in [6, 6.07) is 40.2. The number of imidazole rings is 1. The predicted octanol–water partition coefficient (Wildman–Crippen LogP) is 7.35. The maximum atomic E-state index is 7.14. The molecule has 0 saturated carbocycles. The van der Waals surface area contributed by atoms with Crippen molar-refractivity contribution < 1.29 is 23.7 Å². The molecular weight excluding hydrogens is 640 g/mol. The summed E-state index contributed by atoms with van der Waals surface area (Å²) < 4.78 is 35.6. The van der Waals surface area contributed by atoms with Crippen molar-refractivity contribution in [1.82, 2.24) is 19.5 Å². The largest absolute Gasteiger partial charge is 0.374 e. The Labute approximate surface area is 290 Å². The molecule has 3 heterocycles. The highest BCUT2D eigenvalue weighted by molar-refractivity contribution is 6.33. The number of ether oxygens (including phenoxy) is 5. The summed E-state index contributed by atoms with van der Waals surface area (Å²) in [5, 5.41) is 0.254. The Bertz CT molecular complexity index is 1850. The van der Waals surface area contributed by atoms with Crippen LogP contribution in [0.3, 0.4) is 0 Å². The van der Waals surface area contributed by atoms with E-state index < -0.39 is 24.0 Å². The van der Waals surface area contributed by atoms with Crippen LogP contribution < -0.4 is 0 Å². The summed E-state index contributed by atoms with van der Waals surface area (Å²) >= 11 is 6.45. The van der Waals surface area contributed by atoms with E-state index in [4.69, 9.17) is 35.3 Å². The van der Waals surface area contributed by atoms with Gasteiger partial charge in [-0.1, -0.05) is 133 Å². The van der Waals surface area contributed by atoms with E-state index in [1.54, 1.807) is 6.33 Å². The molecule has 1 fully saturated rings. The van der Waals surface area contributed by atoms with E-state index in [1.807, 2.05) is 126 Å². The van der Waals surface area contributed by atoms with Crippen LogP contribution in [-0.2, 0) is 50.1 Å². The van der Waals surface area contributed by atoms with E-state index in [1.165, 1.54) is 6.33 Å². The number of halogens is 1. The van der Waals surface area contributed by atoms with E-state index in [0.717, 1.165) is 22.3 Å². The zero-order valence-electron chi connectivity index (χ0n) is 26.9. The molecule has 0 spiro atoms. The van der Waals surface area contributed by atoms with Crippen molar-refractivity contribution in [3.05, 3.63) is 161 Å². The summed E-state index contributed by atoms with van der Waals surface area (Å²) in [5.74, 6) is 0. The van der Waals surface area contributed by atoms with Gasteiger partial charge in [-0.15, -0.1) is 0 Å². The fourth-order valence-electron chi connectivity index (χ4n) is 6.10. The lowest BCUT2D eigenvalue weighted by atomic mass is 9.96. The lowest BCUT2D eigenvalue weighted by Gasteiger charge is -2.35. The van der Waals surface area contributed by atoms with Crippen LogP contribution in [0.25, 0.3) is 11.2 Å². The minimum absolute atomic E-state index is 0.167. The van der Waals surface area contributed by atoms with Crippen molar-refractivity contribution in [2.24, 2.45) is 0 Å². The summed E-state index contributed by atoms with van der Waals surface area (Å²) in [6.07, 6.45) is 1.09. The second-order valence-electron chi connectivity index (χ2n) is 12.0. The van der Waals surface area contributed by atoms with Gasteiger partial charge in [-0.2, -0.15) is 0 Å².